The molecule has 0 aromatic rings. The summed E-state index contributed by atoms with van der Waals surface area (Å²) >= 11 is 0. The smallest absolute Gasteiger partial charge is 0.462 e. The molecule has 0 aromatic carbocycles. The van der Waals surface area contributed by atoms with E-state index in [9.17, 15) is 43.2 Å². The number of phosphoric ester groups is 2. The molecule has 0 bridgehead atoms. The minimum atomic E-state index is -4.96. The van der Waals surface area contributed by atoms with E-state index in [2.05, 4.69) is 48.5 Å². The molecule has 0 aliphatic heterocycles. The van der Waals surface area contributed by atoms with Gasteiger partial charge >= 0.3 is 39.5 Å². The highest BCUT2D eigenvalue weighted by Gasteiger charge is 2.30. The Hall–Kier alpha value is -1.94. The molecule has 0 aromatic heterocycles. The lowest BCUT2D eigenvalue weighted by molar-refractivity contribution is -0.161. The molecule has 7 atom stereocenters. The molecule has 588 valence electrons. The van der Waals surface area contributed by atoms with Crippen molar-refractivity contribution in [3.63, 3.8) is 0 Å². The molecule has 0 fully saturated rings. The zero-order valence-corrected chi connectivity index (χ0v) is 66.8. The van der Waals surface area contributed by atoms with Crippen LogP contribution in [0, 0.1) is 17.8 Å². The summed E-state index contributed by atoms with van der Waals surface area (Å²) < 4.78 is 68.6. The molecule has 0 saturated heterocycles. The van der Waals surface area contributed by atoms with Crippen molar-refractivity contribution in [2.24, 2.45) is 17.8 Å². The fourth-order valence-corrected chi connectivity index (χ4v) is 13.8. The molecule has 0 radical (unpaired) electrons. The van der Waals surface area contributed by atoms with Gasteiger partial charge in [-0.15, -0.1) is 0 Å². The SMILES string of the molecule is CCCCCCCCCC(=O)OC[C@H](COP(=O)(O)OC[C@H](O)COP(=O)(O)OC[C@@H](COC(=O)CCCCCCCCCCCCCCCC(C)C)OC(=O)CCCCCCCCCCCCCCCCCCCCC(C)CC)OC(=O)CCCCCCCCCCCCC(C)CC. The van der Waals surface area contributed by atoms with Gasteiger partial charge in [0.25, 0.3) is 0 Å². The van der Waals surface area contributed by atoms with Crippen LogP contribution < -0.4 is 0 Å². The van der Waals surface area contributed by atoms with Crippen LogP contribution in [0.1, 0.15) is 414 Å². The molecular weight excluding hydrogens is 1290 g/mol. The van der Waals surface area contributed by atoms with Crippen molar-refractivity contribution in [3.05, 3.63) is 0 Å². The number of esters is 4. The second-order valence-corrected chi connectivity index (χ2v) is 32.7. The standard InChI is InChI=1S/C80H156O17P2/c1-8-11-12-13-37-47-54-61-77(82)90-67-75(96-80(85)64-57-50-43-36-30-29-33-40-46-53-60-73(7)10-3)69-94-98(86,87)92-65-74(81)66-93-99(88,89)95-70-76(68-91-78(83)62-55-48-41-34-27-24-20-21-25-31-38-44-51-58-71(4)5)97-79(84)63-56-49-42-35-28-23-19-17-15-14-16-18-22-26-32-39-45-52-59-72(6)9-2/h71-76,81H,8-70H2,1-7H3,(H,86,87)(H,88,89)/t72?,73?,74-,75+,76+/m0/s1. The van der Waals surface area contributed by atoms with Crippen LogP contribution in [0.3, 0.4) is 0 Å². The number of hydrogen-bond acceptors (Lipinski definition) is 15. The summed E-state index contributed by atoms with van der Waals surface area (Å²) in [4.78, 5) is 72.8. The number of carbonyl (C=O) groups is 4. The van der Waals surface area contributed by atoms with Crippen molar-refractivity contribution in [3.8, 4) is 0 Å². The van der Waals surface area contributed by atoms with E-state index in [0.29, 0.717) is 25.7 Å². The second-order valence-electron chi connectivity index (χ2n) is 29.8. The lowest BCUT2D eigenvalue weighted by Crippen LogP contribution is -2.30. The fourth-order valence-electron chi connectivity index (χ4n) is 12.2. The molecule has 0 aliphatic rings. The van der Waals surface area contributed by atoms with Crippen LogP contribution in [0.4, 0.5) is 0 Å². The van der Waals surface area contributed by atoms with Crippen molar-refractivity contribution in [1.82, 2.24) is 0 Å². The van der Waals surface area contributed by atoms with Gasteiger partial charge in [-0.1, -0.05) is 363 Å². The molecule has 0 amide bonds. The van der Waals surface area contributed by atoms with E-state index in [1.165, 1.54) is 212 Å². The molecule has 0 spiro atoms. The van der Waals surface area contributed by atoms with E-state index >= 15 is 0 Å². The average molecular weight is 1450 g/mol. The zero-order chi connectivity index (χ0) is 73.0. The Kier molecular flexibility index (Phi) is 69.0. The van der Waals surface area contributed by atoms with E-state index < -0.39 is 97.5 Å². The molecule has 0 heterocycles. The summed E-state index contributed by atoms with van der Waals surface area (Å²) in [5.74, 6) is 0.348. The first-order valence-electron chi connectivity index (χ1n) is 41.4. The van der Waals surface area contributed by atoms with Gasteiger partial charge in [-0.2, -0.15) is 0 Å². The first-order valence-corrected chi connectivity index (χ1v) is 44.4. The van der Waals surface area contributed by atoms with Crippen molar-refractivity contribution in [2.45, 2.75) is 433 Å². The number of unbranched alkanes of at least 4 members (excludes halogenated alkanes) is 44. The second kappa shape index (κ2) is 70.4. The van der Waals surface area contributed by atoms with Gasteiger partial charge in [0.05, 0.1) is 26.4 Å². The highest BCUT2D eigenvalue weighted by Crippen LogP contribution is 2.45. The predicted molar refractivity (Wildman–Crippen MR) is 405 cm³/mol. The normalized spacial score (nSPS) is 14.5. The van der Waals surface area contributed by atoms with Gasteiger partial charge in [0.1, 0.15) is 19.3 Å². The van der Waals surface area contributed by atoms with E-state index in [1.807, 2.05) is 0 Å². The summed E-state index contributed by atoms with van der Waals surface area (Å²) in [6.45, 7) is 12.0. The topological polar surface area (TPSA) is 237 Å². The molecule has 4 unspecified atom stereocenters. The van der Waals surface area contributed by atoms with Crippen LogP contribution in [0.15, 0.2) is 0 Å². The van der Waals surface area contributed by atoms with Crippen molar-refractivity contribution >= 4 is 39.5 Å². The van der Waals surface area contributed by atoms with Gasteiger partial charge in [-0.05, 0) is 43.4 Å². The van der Waals surface area contributed by atoms with Crippen LogP contribution >= 0.6 is 15.6 Å². The Labute approximate surface area is 607 Å². The number of carbonyl (C=O) groups excluding carboxylic acids is 4. The maximum atomic E-state index is 13.1. The van der Waals surface area contributed by atoms with Crippen molar-refractivity contribution in [1.29, 1.82) is 0 Å². The predicted octanol–water partition coefficient (Wildman–Crippen LogP) is 23.7. The summed E-state index contributed by atoms with van der Waals surface area (Å²) in [6, 6.07) is 0. The van der Waals surface area contributed by atoms with E-state index in [1.54, 1.807) is 0 Å². The Morgan fingerprint density at radius 3 is 0.768 bits per heavy atom. The van der Waals surface area contributed by atoms with Crippen LogP contribution in [0.2, 0.25) is 0 Å². The summed E-state index contributed by atoms with van der Waals surface area (Å²) in [5, 5.41) is 10.6. The summed E-state index contributed by atoms with van der Waals surface area (Å²) in [7, 11) is -9.91. The molecular formula is C80H156O17P2. The third-order valence-corrected chi connectivity index (χ3v) is 21.3. The Balaban J connectivity index is 5.17. The third-order valence-electron chi connectivity index (χ3n) is 19.4. The highest BCUT2D eigenvalue weighted by atomic mass is 31.2. The summed E-state index contributed by atoms with van der Waals surface area (Å²) in [6.07, 6.45) is 58.4. The molecule has 0 aliphatic carbocycles. The quantitative estimate of drug-likeness (QED) is 0.0222. The monoisotopic (exact) mass is 1450 g/mol. The van der Waals surface area contributed by atoms with Gasteiger partial charge < -0.3 is 33.8 Å². The molecule has 19 heteroatoms. The Morgan fingerprint density at radius 1 is 0.293 bits per heavy atom. The lowest BCUT2D eigenvalue weighted by atomic mass is 9.99. The molecule has 17 nitrogen and oxygen atoms in total. The highest BCUT2D eigenvalue weighted by molar-refractivity contribution is 7.47. The van der Waals surface area contributed by atoms with Gasteiger partial charge in [0.15, 0.2) is 12.2 Å². The van der Waals surface area contributed by atoms with E-state index in [4.69, 9.17) is 37.0 Å². The van der Waals surface area contributed by atoms with Crippen LogP contribution in [0.25, 0.3) is 0 Å². The Bertz CT molecular complexity index is 1930. The van der Waals surface area contributed by atoms with Crippen molar-refractivity contribution < 1.29 is 80.2 Å². The van der Waals surface area contributed by atoms with Crippen LogP contribution in [-0.4, -0.2) is 96.7 Å². The maximum Gasteiger partial charge on any atom is 0.472 e. The van der Waals surface area contributed by atoms with E-state index in [-0.39, 0.29) is 25.7 Å². The van der Waals surface area contributed by atoms with Gasteiger partial charge in [-0.25, -0.2) is 9.13 Å². The molecule has 0 saturated carbocycles. The lowest BCUT2D eigenvalue weighted by Gasteiger charge is -2.21. The number of phosphoric acid groups is 2. The summed E-state index contributed by atoms with van der Waals surface area (Å²) in [5.41, 5.74) is 0. The third kappa shape index (κ3) is 71.5. The minimum Gasteiger partial charge on any atom is -0.462 e. The largest absolute Gasteiger partial charge is 0.472 e. The molecule has 99 heavy (non-hydrogen) atoms. The number of ether oxygens (including phenoxy) is 4. The van der Waals surface area contributed by atoms with Gasteiger partial charge in [0.2, 0.25) is 0 Å². The molecule has 0 rings (SSSR count). The van der Waals surface area contributed by atoms with Gasteiger partial charge in [-0.3, -0.25) is 37.3 Å². The fraction of sp³-hybridized carbons (Fsp3) is 0.950. The van der Waals surface area contributed by atoms with Crippen molar-refractivity contribution in [2.75, 3.05) is 39.6 Å². The number of hydrogen-bond donors (Lipinski definition) is 3. The average Bonchev–Trinajstić information content (AvgIpc) is 0.994. The first-order chi connectivity index (χ1) is 47.8. The first kappa shape index (κ1) is 97.1. The zero-order valence-electron chi connectivity index (χ0n) is 65.0. The van der Waals surface area contributed by atoms with Crippen LogP contribution in [0.5, 0.6) is 0 Å². The molecule has 3 N–H and O–H groups in total. The van der Waals surface area contributed by atoms with Crippen LogP contribution in [-0.2, 0) is 65.4 Å². The maximum absolute atomic E-state index is 13.1. The minimum absolute atomic E-state index is 0.106. The van der Waals surface area contributed by atoms with Gasteiger partial charge in [0, 0.05) is 25.7 Å². The Morgan fingerprint density at radius 2 is 0.515 bits per heavy atom. The number of aliphatic hydroxyl groups excluding tert-OH is 1. The number of rotatable bonds is 78. The number of aliphatic hydroxyl groups is 1. The van der Waals surface area contributed by atoms with E-state index in [0.717, 1.165) is 120 Å².